The van der Waals surface area contributed by atoms with E-state index in [0.717, 1.165) is 17.9 Å². The quantitative estimate of drug-likeness (QED) is 0.834. The molecule has 2 N–H and O–H groups in total. The predicted molar refractivity (Wildman–Crippen MR) is 70.7 cm³/mol. The summed E-state index contributed by atoms with van der Waals surface area (Å²) in [5, 5.41) is 4.80. The second-order valence-corrected chi connectivity index (χ2v) is 6.40. The molecule has 0 amide bonds. The molecule has 0 unspecified atom stereocenters. The van der Waals surface area contributed by atoms with E-state index in [2.05, 4.69) is 37.5 Å². The molecule has 16 heavy (non-hydrogen) atoms. The maximum Gasteiger partial charge on any atom is 0.111 e. The Labute approximate surface area is 103 Å². The summed E-state index contributed by atoms with van der Waals surface area (Å²) in [6, 6.07) is 3.09. The van der Waals surface area contributed by atoms with Gasteiger partial charge >= 0.3 is 0 Å². The summed E-state index contributed by atoms with van der Waals surface area (Å²) in [4.78, 5) is 1.56. The van der Waals surface area contributed by atoms with Gasteiger partial charge in [0.2, 0.25) is 0 Å². The molecule has 1 fully saturated rings. The van der Waals surface area contributed by atoms with E-state index < -0.39 is 0 Å². The number of quaternary nitrogens is 1. The molecule has 90 valence electrons. The fraction of sp³-hybridized carbons (Fsp3) is 0.714. The normalized spacial score (nSPS) is 30.6. The Hall–Kier alpha value is -0.340. The van der Waals surface area contributed by atoms with Crippen LogP contribution in [0.1, 0.15) is 43.6 Å². The van der Waals surface area contributed by atoms with Crippen molar-refractivity contribution in [2.45, 2.75) is 52.6 Å². The van der Waals surface area contributed by atoms with Gasteiger partial charge in [-0.15, -0.1) is 11.3 Å². The van der Waals surface area contributed by atoms with Crippen LogP contribution in [0.15, 0.2) is 11.4 Å². The molecule has 1 heterocycles. The lowest BCUT2D eigenvalue weighted by atomic mass is 9.78. The summed E-state index contributed by atoms with van der Waals surface area (Å²) in [6.45, 7) is 8.27. The average Bonchev–Trinajstić information content (AvgIpc) is 2.67. The summed E-state index contributed by atoms with van der Waals surface area (Å²) < 4.78 is 0. The molecule has 3 atom stereocenters. The number of nitrogens with two attached hydrogens (primary N) is 1. The van der Waals surface area contributed by atoms with Crippen molar-refractivity contribution in [1.29, 1.82) is 0 Å². The van der Waals surface area contributed by atoms with Crippen LogP contribution in [-0.2, 0) is 6.54 Å². The van der Waals surface area contributed by atoms with Crippen LogP contribution in [0.2, 0.25) is 0 Å². The van der Waals surface area contributed by atoms with Gasteiger partial charge in [-0.1, -0.05) is 13.8 Å². The Balaban J connectivity index is 1.88. The molecule has 1 aliphatic rings. The van der Waals surface area contributed by atoms with Crippen molar-refractivity contribution in [3.8, 4) is 0 Å². The van der Waals surface area contributed by atoms with Gasteiger partial charge in [0.1, 0.15) is 6.54 Å². The minimum absolute atomic E-state index is 0.852. The van der Waals surface area contributed by atoms with Crippen molar-refractivity contribution < 1.29 is 5.32 Å². The zero-order chi connectivity index (χ0) is 11.5. The topological polar surface area (TPSA) is 16.6 Å². The Morgan fingerprint density at radius 2 is 2.19 bits per heavy atom. The number of thiophene rings is 1. The van der Waals surface area contributed by atoms with Crippen molar-refractivity contribution in [3.05, 3.63) is 21.9 Å². The third-order valence-corrected chi connectivity index (χ3v) is 5.39. The monoisotopic (exact) mass is 238 g/mol. The van der Waals surface area contributed by atoms with Gasteiger partial charge in [-0.2, -0.15) is 0 Å². The van der Waals surface area contributed by atoms with Crippen molar-refractivity contribution in [3.63, 3.8) is 0 Å². The molecular formula is C14H24NS+. The Bertz CT molecular complexity index is 331. The zero-order valence-corrected chi connectivity index (χ0v) is 11.5. The van der Waals surface area contributed by atoms with Gasteiger partial charge in [0, 0.05) is 5.92 Å². The summed E-state index contributed by atoms with van der Waals surface area (Å²) in [6.07, 6.45) is 4.27. The van der Waals surface area contributed by atoms with Crippen LogP contribution in [0.5, 0.6) is 0 Å². The fourth-order valence-electron chi connectivity index (χ4n) is 2.83. The average molecular weight is 238 g/mol. The highest BCUT2D eigenvalue weighted by Gasteiger charge is 2.29. The fourth-order valence-corrected chi connectivity index (χ4v) is 3.71. The number of aryl methyl sites for hydroxylation is 1. The maximum atomic E-state index is 2.58. The van der Waals surface area contributed by atoms with Gasteiger partial charge in [-0.25, -0.2) is 0 Å². The van der Waals surface area contributed by atoms with E-state index in [4.69, 9.17) is 0 Å². The lowest BCUT2D eigenvalue weighted by molar-refractivity contribution is -0.713. The smallest absolute Gasteiger partial charge is 0.111 e. The SMILES string of the molecule is Cc1ccsc1C[NH2+][C@@H]1CCC[C@H](C)[C@@H]1C. The first-order valence-electron chi connectivity index (χ1n) is 6.54. The third kappa shape index (κ3) is 2.67. The first-order chi connectivity index (χ1) is 7.68. The molecule has 1 saturated carbocycles. The van der Waals surface area contributed by atoms with Gasteiger partial charge in [0.25, 0.3) is 0 Å². The third-order valence-electron chi connectivity index (χ3n) is 4.34. The summed E-state index contributed by atoms with van der Waals surface area (Å²) in [7, 11) is 0. The van der Waals surface area contributed by atoms with Crippen LogP contribution in [-0.4, -0.2) is 6.04 Å². The Kier molecular flexibility index (Phi) is 4.04. The number of rotatable bonds is 3. The van der Waals surface area contributed by atoms with Crippen LogP contribution in [0.3, 0.4) is 0 Å². The molecule has 0 saturated heterocycles. The molecule has 0 radical (unpaired) electrons. The Morgan fingerprint density at radius 3 is 2.88 bits per heavy atom. The van der Waals surface area contributed by atoms with Gasteiger partial charge in [-0.05, 0) is 49.1 Å². The van der Waals surface area contributed by atoms with E-state index >= 15 is 0 Å². The summed E-state index contributed by atoms with van der Waals surface area (Å²) in [5.41, 5.74) is 1.47. The van der Waals surface area contributed by atoms with Crippen LogP contribution in [0.4, 0.5) is 0 Å². The molecule has 1 aromatic heterocycles. The maximum absolute atomic E-state index is 2.58. The minimum atomic E-state index is 0.852. The second kappa shape index (κ2) is 5.33. The number of hydrogen-bond acceptors (Lipinski definition) is 1. The van der Waals surface area contributed by atoms with Crippen molar-refractivity contribution in [2.24, 2.45) is 11.8 Å². The molecule has 0 aromatic carbocycles. The van der Waals surface area contributed by atoms with Crippen molar-refractivity contribution in [2.75, 3.05) is 0 Å². The highest BCUT2D eigenvalue weighted by Crippen LogP contribution is 2.27. The first-order valence-corrected chi connectivity index (χ1v) is 7.42. The highest BCUT2D eigenvalue weighted by molar-refractivity contribution is 7.10. The van der Waals surface area contributed by atoms with E-state index in [1.807, 2.05) is 11.3 Å². The molecule has 1 nitrogen and oxygen atoms in total. The van der Waals surface area contributed by atoms with Gasteiger partial charge in [0.15, 0.2) is 0 Å². The van der Waals surface area contributed by atoms with E-state index in [9.17, 15) is 0 Å². The lowest BCUT2D eigenvalue weighted by Gasteiger charge is -2.32. The summed E-state index contributed by atoms with van der Waals surface area (Å²) >= 11 is 1.91. The van der Waals surface area contributed by atoms with Crippen LogP contribution < -0.4 is 5.32 Å². The Morgan fingerprint density at radius 1 is 1.38 bits per heavy atom. The van der Waals surface area contributed by atoms with Crippen LogP contribution in [0, 0.1) is 18.8 Å². The second-order valence-electron chi connectivity index (χ2n) is 5.40. The summed E-state index contributed by atoms with van der Waals surface area (Å²) in [5.74, 6) is 1.80. The van der Waals surface area contributed by atoms with Crippen LogP contribution >= 0.6 is 11.3 Å². The van der Waals surface area contributed by atoms with Crippen molar-refractivity contribution >= 4 is 11.3 Å². The van der Waals surface area contributed by atoms with Crippen molar-refractivity contribution in [1.82, 2.24) is 0 Å². The first kappa shape index (κ1) is 12.1. The number of hydrogen-bond donors (Lipinski definition) is 1. The molecule has 1 aliphatic carbocycles. The molecule has 0 bridgehead atoms. The van der Waals surface area contributed by atoms with E-state index in [1.54, 1.807) is 4.88 Å². The van der Waals surface area contributed by atoms with E-state index in [1.165, 1.54) is 31.4 Å². The van der Waals surface area contributed by atoms with E-state index in [0.29, 0.717) is 0 Å². The molecule has 0 spiro atoms. The molecule has 1 aromatic rings. The lowest BCUT2D eigenvalue weighted by Crippen LogP contribution is -2.90. The van der Waals surface area contributed by atoms with Gasteiger partial charge in [-0.3, -0.25) is 0 Å². The molecule has 2 rings (SSSR count). The predicted octanol–water partition coefficient (Wildman–Crippen LogP) is 2.94. The van der Waals surface area contributed by atoms with Gasteiger partial charge < -0.3 is 5.32 Å². The minimum Gasteiger partial charge on any atom is -0.339 e. The molecule has 2 heteroatoms. The zero-order valence-electron chi connectivity index (χ0n) is 10.7. The molecular weight excluding hydrogens is 214 g/mol. The van der Waals surface area contributed by atoms with Crippen LogP contribution in [0.25, 0.3) is 0 Å². The van der Waals surface area contributed by atoms with E-state index in [-0.39, 0.29) is 0 Å². The highest BCUT2D eigenvalue weighted by atomic mass is 32.1. The van der Waals surface area contributed by atoms with Gasteiger partial charge in [0.05, 0.1) is 10.9 Å². The largest absolute Gasteiger partial charge is 0.339 e. The standard InChI is InChI=1S/C14H23NS/c1-10-5-4-6-13(12(10)3)15-9-14-11(2)7-8-16-14/h7-8,10,12-13,15H,4-6,9H2,1-3H3/p+1/t10-,12-,13+/m0/s1. The molecule has 0 aliphatic heterocycles.